The predicted molar refractivity (Wildman–Crippen MR) is 115 cm³/mol. The summed E-state index contributed by atoms with van der Waals surface area (Å²) < 4.78 is 38.9. The lowest BCUT2D eigenvalue weighted by Gasteiger charge is -2.28. The molecule has 1 aliphatic heterocycles. The van der Waals surface area contributed by atoms with E-state index in [2.05, 4.69) is 10.6 Å². The molecule has 0 radical (unpaired) electrons. The zero-order chi connectivity index (χ0) is 21.9. The number of nitrogens with zero attached hydrogens (tertiary/aromatic N) is 2. The lowest BCUT2D eigenvalue weighted by Crippen LogP contribution is -2.36. The molecule has 2 N–H and O–H groups in total. The van der Waals surface area contributed by atoms with E-state index in [1.54, 1.807) is 18.2 Å². The number of benzene rings is 2. The Morgan fingerprint density at radius 3 is 2.70 bits per heavy atom. The van der Waals surface area contributed by atoms with E-state index < -0.39 is 10.0 Å². The van der Waals surface area contributed by atoms with Crippen molar-refractivity contribution in [1.29, 1.82) is 0 Å². The number of carbonyl (C=O) groups excluding carboxylic acids is 1. The highest BCUT2D eigenvalue weighted by molar-refractivity contribution is 7.88. The topological polar surface area (TPSA) is 81.8 Å². The fourth-order valence-electron chi connectivity index (χ4n) is 3.53. The quantitative estimate of drug-likeness (QED) is 0.732. The van der Waals surface area contributed by atoms with Crippen LogP contribution in [0.3, 0.4) is 0 Å². The van der Waals surface area contributed by atoms with E-state index in [0.717, 1.165) is 16.7 Å². The van der Waals surface area contributed by atoms with E-state index in [-0.39, 0.29) is 18.4 Å². The summed E-state index contributed by atoms with van der Waals surface area (Å²) in [6.45, 7) is 1.43. The monoisotopic (exact) mass is 434 g/mol. The number of nitrogens with one attached hydrogen (secondary N) is 2. The van der Waals surface area contributed by atoms with Crippen molar-refractivity contribution in [3.63, 3.8) is 0 Å². The Balaban J connectivity index is 1.64. The Labute approximate surface area is 176 Å². The summed E-state index contributed by atoms with van der Waals surface area (Å²) >= 11 is 0. The zero-order valence-electron chi connectivity index (χ0n) is 17.4. The van der Waals surface area contributed by atoms with Gasteiger partial charge in [-0.3, -0.25) is 0 Å². The SMILES string of the molecule is CN(C)Cc1cc(CNC(=O)Nc2cccc3c2CCN(S(C)(=O)=O)C3)ccc1F. The van der Waals surface area contributed by atoms with Crippen molar-refractivity contribution in [2.75, 3.05) is 32.2 Å². The Kier molecular flexibility index (Phi) is 6.74. The highest BCUT2D eigenvalue weighted by Gasteiger charge is 2.24. The molecule has 2 aromatic carbocycles. The molecule has 1 aliphatic rings. The van der Waals surface area contributed by atoms with Gasteiger partial charge in [-0.1, -0.05) is 18.2 Å². The molecule has 0 atom stereocenters. The number of hydrogen-bond acceptors (Lipinski definition) is 4. The molecule has 0 saturated heterocycles. The van der Waals surface area contributed by atoms with Crippen LogP contribution in [-0.4, -0.2) is 50.5 Å². The molecule has 0 spiro atoms. The van der Waals surface area contributed by atoms with Crippen molar-refractivity contribution >= 4 is 21.7 Å². The van der Waals surface area contributed by atoms with Crippen LogP contribution < -0.4 is 10.6 Å². The Bertz CT molecular complexity index is 1040. The largest absolute Gasteiger partial charge is 0.334 e. The van der Waals surface area contributed by atoms with Crippen LogP contribution in [0.5, 0.6) is 0 Å². The third-order valence-electron chi connectivity index (χ3n) is 5.00. The number of rotatable bonds is 6. The van der Waals surface area contributed by atoms with Crippen LogP contribution in [0.25, 0.3) is 0 Å². The Hall–Kier alpha value is -2.49. The molecule has 2 amide bonds. The smallest absolute Gasteiger partial charge is 0.319 e. The molecule has 0 bridgehead atoms. The van der Waals surface area contributed by atoms with Crippen LogP contribution in [0.4, 0.5) is 14.9 Å². The van der Waals surface area contributed by atoms with E-state index in [0.29, 0.717) is 37.3 Å². The number of urea groups is 1. The number of fused-ring (bicyclic) bond motifs is 1. The second-order valence-corrected chi connectivity index (χ2v) is 9.74. The van der Waals surface area contributed by atoms with Crippen molar-refractivity contribution in [2.45, 2.75) is 26.1 Å². The molecule has 0 saturated carbocycles. The number of sulfonamides is 1. The first-order valence-corrected chi connectivity index (χ1v) is 11.5. The van der Waals surface area contributed by atoms with Gasteiger partial charge in [0.15, 0.2) is 0 Å². The fourth-order valence-corrected chi connectivity index (χ4v) is 4.33. The number of carbonyl (C=O) groups is 1. The zero-order valence-corrected chi connectivity index (χ0v) is 18.2. The third kappa shape index (κ3) is 5.56. The second-order valence-electron chi connectivity index (χ2n) is 7.76. The molecule has 3 rings (SSSR count). The van der Waals surface area contributed by atoms with Crippen molar-refractivity contribution in [1.82, 2.24) is 14.5 Å². The maximum Gasteiger partial charge on any atom is 0.319 e. The third-order valence-corrected chi connectivity index (χ3v) is 6.25. The summed E-state index contributed by atoms with van der Waals surface area (Å²) in [6, 6.07) is 9.93. The molecular weight excluding hydrogens is 407 g/mol. The van der Waals surface area contributed by atoms with Gasteiger partial charge in [0, 0.05) is 37.4 Å². The molecule has 0 fully saturated rings. The van der Waals surface area contributed by atoms with Crippen molar-refractivity contribution < 1.29 is 17.6 Å². The number of amides is 2. The van der Waals surface area contributed by atoms with Gasteiger partial charge in [-0.2, -0.15) is 4.31 Å². The molecule has 30 heavy (non-hydrogen) atoms. The summed E-state index contributed by atoms with van der Waals surface area (Å²) in [6.07, 6.45) is 1.73. The van der Waals surface area contributed by atoms with Crippen LogP contribution in [-0.2, 0) is 36.1 Å². The van der Waals surface area contributed by atoms with Gasteiger partial charge in [0.25, 0.3) is 0 Å². The van der Waals surface area contributed by atoms with Crippen molar-refractivity contribution in [3.8, 4) is 0 Å². The first-order chi connectivity index (χ1) is 14.1. The second kappa shape index (κ2) is 9.11. The molecule has 9 heteroatoms. The number of halogens is 1. The predicted octanol–water partition coefficient (Wildman–Crippen LogP) is 2.53. The average molecular weight is 435 g/mol. The van der Waals surface area contributed by atoms with Gasteiger partial charge in [0.05, 0.1) is 6.26 Å². The fraction of sp³-hybridized carbons (Fsp3) is 0.381. The van der Waals surface area contributed by atoms with E-state index in [4.69, 9.17) is 0 Å². The summed E-state index contributed by atoms with van der Waals surface area (Å²) in [5, 5.41) is 5.65. The van der Waals surface area contributed by atoms with Crippen molar-refractivity contribution in [3.05, 3.63) is 64.5 Å². The van der Waals surface area contributed by atoms with E-state index in [1.165, 1.54) is 16.6 Å². The highest BCUT2D eigenvalue weighted by Crippen LogP contribution is 2.27. The minimum Gasteiger partial charge on any atom is -0.334 e. The first-order valence-electron chi connectivity index (χ1n) is 9.66. The van der Waals surface area contributed by atoms with Gasteiger partial charge < -0.3 is 15.5 Å². The van der Waals surface area contributed by atoms with Crippen LogP contribution in [0.15, 0.2) is 36.4 Å². The van der Waals surface area contributed by atoms with Gasteiger partial charge >= 0.3 is 6.03 Å². The minimum absolute atomic E-state index is 0.267. The molecule has 0 aliphatic carbocycles. The van der Waals surface area contributed by atoms with Crippen molar-refractivity contribution in [2.24, 2.45) is 0 Å². The van der Waals surface area contributed by atoms with Gasteiger partial charge in [-0.05, 0) is 55.4 Å². The molecule has 0 aromatic heterocycles. The molecule has 1 heterocycles. The molecule has 2 aromatic rings. The normalized spacial score (nSPS) is 14.4. The summed E-state index contributed by atoms with van der Waals surface area (Å²) in [5.74, 6) is -0.268. The summed E-state index contributed by atoms with van der Waals surface area (Å²) in [5.41, 5.74) is 3.89. The minimum atomic E-state index is -3.25. The van der Waals surface area contributed by atoms with Crippen LogP contribution in [0, 0.1) is 5.82 Å². The summed E-state index contributed by atoms with van der Waals surface area (Å²) in [7, 11) is 0.483. The maximum atomic E-state index is 13.9. The van der Waals surface area contributed by atoms with Gasteiger partial charge in [0.1, 0.15) is 5.82 Å². The van der Waals surface area contributed by atoms with Gasteiger partial charge in [0.2, 0.25) is 10.0 Å². The van der Waals surface area contributed by atoms with E-state index >= 15 is 0 Å². The molecule has 0 unspecified atom stereocenters. The van der Waals surface area contributed by atoms with Gasteiger partial charge in [-0.15, -0.1) is 0 Å². The Morgan fingerprint density at radius 1 is 1.23 bits per heavy atom. The summed E-state index contributed by atoms with van der Waals surface area (Å²) in [4.78, 5) is 14.3. The standard InChI is InChI=1S/C21H27FN4O3S/c1-25(2)13-17-11-15(7-8-19(17)22)12-23-21(27)24-20-6-4-5-16-14-26(30(3,28)29)10-9-18(16)20/h4-8,11H,9-10,12-14H2,1-3H3,(H2,23,24,27). The molecular formula is C21H27FN4O3S. The van der Waals surface area contributed by atoms with E-state index in [9.17, 15) is 17.6 Å². The van der Waals surface area contributed by atoms with Gasteiger partial charge in [-0.25, -0.2) is 17.6 Å². The van der Waals surface area contributed by atoms with E-state index in [1.807, 2.05) is 31.1 Å². The average Bonchev–Trinajstić information content (AvgIpc) is 2.67. The molecule has 7 nitrogen and oxygen atoms in total. The van der Waals surface area contributed by atoms with Crippen LogP contribution >= 0.6 is 0 Å². The molecule has 162 valence electrons. The Morgan fingerprint density at radius 2 is 2.00 bits per heavy atom. The number of anilines is 1. The maximum absolute atomic E-state index is 13.9. The number of hydrogen-bond donors (Lipinski definition) is 2. The lowest BCUT2D eigenvalue weighted by atomic mass is 9.99. The van der Waals surface area contributed by atoms with Crippen LogP contribution in [0.2, 0.25) is 0 Å². The highest BCUT2D eigenvalue weighted by atomic mass is 32.2. The lowest BCUT2D eigenvalue weighted by molar-refractivity contribution is 0.251. The van der Waals surface area contributed by atoms with Crippen LogP contribution in [0.1, 0.15) is 22.3 Å². The first kappa shape index (κ1) is 22.2.